The van der Waals surface area contributed by atoms with E-state index in [2.05, 4.69) is 32.9 Å². The lowest BCUT2D eigenvalue weighted by molar-refractivity contribution is 0.0277. The topological polar surface area (TPSA) is 58.5 Å². The summed E-state index contributed by atoms with van der Waals surface area (Å²) in [6.45, 7) is 7.61. The first-order valence-electron chi connectivity index (χ1n) is 9.82. The Balaban J connectivity index is 1.56. The van der Waals surface area contributed by atoms with Crippen LogP contribution >= 0.6 is 11.3 Å². The highest BCUT2D eigenvalue weighted by Crippen LogP contribution is 2.20. The molecule has 1 saturated carbocycles. The second kappa shape index (κ2) is 12.3. The lowest BCUT2D eigenvalue weighted by atomic mass is 9.98. The van der Waals surface area contributed by atoms with Crippen LogP contribution in [0.4, 0.5) is 0 Å². The Hall–Kier alpha value is -1.14. The van der Waals surface area contributed by atoms with Crippen LogP contribution in [0.25, 0.3) is 0 Å². The van der Waals surface area contributed by atoms with Gasteiger partial charge < -0.3 is 15.4 Å². The van der Waals surface area contributed by atoms with Crippen molar-refractivity contribution in [3.8, 4) is 0 Å². The van der Waals surface area contributed by atoms with E-state index in [1.807, 2.05) is 6.92 Å². The number of hydrogen-bond donors (Lipinski definition) is 2. The van der Waals surface area contributed by atoms with Crippen LogP contribution in [0.1, 0.15) is 62.6 Å². The van der Waals surface area contributed by atoms with E-state index in [9.17, 15) is 0 Å². The normalized spacial score (nSPS) is 16.2. The first-order valence-corrected chi connectivity index (χ1v) is 10.7. The molecule has 0 spiro atoms. The van der Waals surface area contributed by atoms with Crippen molar-refractivity contribution >= 4 is 17.3 Å². The van der Waals surface area contributed by atoms with Gasteiger partial charge in [0.2, 0.25) is 0 Å². The maximum atomic E-state index is 5.97. The molecule has 0 unspecified atom stereocenters. The minimum Gasteiger partial charge on any atom is -0.378 e. The second-order valence-corrected chi connectivity index (χ2v) is 7.60. The monoisotopic (exact) mass is 366 g/mol. The van der Waals surface area contributed by atoms with Crippen molar-refractivity contribution in [2.45, 2.75) is 71.3 Å². The van der Waals surface area contributed by atoms with Crippen LogP contribution in [0.2, 0.25) is 0 Å². The number of aliphatic imine (C=N–C) groups is 1. The molecule has 1 heterocycles. The van der Waals surface area contributed by atoms with Crippen LogP contribution in [0.15, 0.2) is 10.4 Å². The van der Waals surface area contributed by atoms with E-state index in [1.165, 1.54) is 37.1 Å². The summed E-state index contributed by atoms with van der Waals surface area (Å²) in [5, 5.41) is 10.0. The molecule has 2 rings (SSSR count). The fourth-order valence-electron chi connectivity index (χ4n) is 3.04. The van der Waals surface area contributed by atoms with E-state index < -0.39 is 0 Å². The Kier molecular flexibility index (Phi) is 9.89. The van der Waals surface area contributed by atoms with E-state index in [0.29, 0.717) is 6.10 Å². The van der Waals surface area contributed by atoms with Crippen LogP contribution in [0.5, 0.6) is 0 Å². The molecule has 1 aliphatic rings. The van der Waals surface area contributed by atoms with Crippen LogP contribution in [0, 0.1) is 6.92 Å². The fraction of sp³-hybridized carbons (Fsp3) is 0.789. The summed E-state index contributed by atoms with van der Waals surface area (Å²) in [5.74, 6) is 0.912. The number of nitrogens with one attached hydrogen (secondary N) is 2. The van der Waals surface area contributed by atoms with Gasteiger partial charge in [0.25, 0.3) is 0 Å². The lowest BCUT2D eigenvalue weighted by Gasteiger charge is -2.22. The lowest BCUT2D eigenvalue weighted by Crippen LogP contribution is -2.38. The van der Waals surface area contributed by atoms with Gasteiger partial charge in [0.15, 0.2) is 5.96 Å². The summed E-state index contributed by atoms with van der Waals surface area (Å²) in [7, 11) is 0. The molecular formula is C19H34N4OS. The molecule has 6 heteroatoms. The van der Waals surface area contributed by atoms with E-state index in [1.54, 1.807) is 11.3 Å². The zero-order chi connectivity index (χ0) is 17.7. The number of hydrogen-bond acceptors (Lipinski definition) is 4. The number of guanidine groups is 1. The van der Waals surface area contributed by atoms with Gasteiger partial charge in [-0.15, -0.1) is 11.3 Å². The summed E-state index contributed by atoms with van der Waals surface area (Å²) in [6, 6.07) is 0. The smallest absolute Gasteiger partial charge is 0.191 e. The Bertz CT molecular complexity index is 497. The van der Waals surface area contributed by atoms with Gasteiger partial charge in [0, 0.05) is 43.7 Å². The second-order valence-electron chi connectivity index (χ2n) is 6.66. The number of rotatable bonds is 10. The molecule has 1 aliphatic carbocycles. The third-order valence-corrected chi connectivity index (χ3v) is 5.38. The van der Waals surface area contributed by atoms with Crippen LogP contribution in [0.3, 0.4) is 0 Å². The molecule has 1 aromatic heterocycles. The third kappa shape index (κ3) is 8.68. The number of aryl methyl sites for hydroxylation is 2. The van der Waals surface area contributed by atoms with Gasteiger partial charge in [-0.05, 0) is 39.5 Å². The number of aromatic nitrogens is 1. The summed E-state index contributed by atoms with van der Waals surface area (Å²) in [6.07, 6.45) is 10.1. The van der Waals surface area contributed by atoms with Gasteiger partial charge in [-0.3, -0.25) is 4.99 Å². The molecular weight excluding hydrogens is 332 g/mol. The molecule has 0 amide bonds. The highest BCUT2D eigenvalue weighted by atomic mass is 32.1. The molecule has 142 valence electrons. The molecule has 0 bridgehead atoms. The number of ether oxygens (including phenoxy) is 1. The van der Waals surface area contributed by atoms with Crippen molar-refractivity contribution in [2.75, 3.05) is 26.2 Å². The van der Waals surface area contributed by atoms with Gasteiger partial charge >= 0.3 is 0 Å². The molecule has 25 heavy (non-hydrogen) atoms. The average Bonchev–Trinajstić information content (AvgIpc) is 3.04. The molecule has 0 saturated heterocycles. The highest BCUT2D eigenvalue weighted by molar-refractivity contribution is 7.09. The zero-order valence-electron chi connectivity index (χ0n) is 15.9. The Morgan fingerprint density at radius 3 is 2.84 bits per heavy atom. The van der Waals surface area contributed by atoms with Gasteiger partial charge in [-0.1, -0.05) is 19.3 Å². The predicted molar refractivity (Wildman–Crippen MR) is 107 cm³/mol. The predicted octanol–water partition coefficient (Wildman–Crippen LogP) is 3.68. The molecule has 2 N–H and O–H groups in total. The Morgan fingerprint density at radius 2 is 2.12 bits per heavy atom. The first-order chi connectivity index (χ1) is 12.3. The van der Waals surface area contributed by atoms with Crippen molar-refractivity contribution in [2.24, 2.45) is 4.99 Å². The number of nitrogens with zero attached hydrogens (tertiary/aromatic N) is 2. The number of thiazole rings is 1. The maximum absolute atomic E-state index is 5.97. The summed E-state index contributed by atoms with van der Waals surface area (Å²) < 4.78 is 5.97. The van der Waals surface area contributed by atoms with Crippen LogP contribution in [-0.4, -0.2) is 43.3 Å². The first kappa shape index (κ1) is 20.2. The molecule has 0 aliphatic heterocycles. The van der Waals surface area contributed by atoms with E-state index in [0.717, 1.165) is 57.2 Å². The molecule has 0 atom stereocenters. The standard InChI is InChI=1S/C19H34N4OS/c1-3-20-19(21-12-7-11-18-23-16(2)15-25-18)22-13-8-14-24-17-9-5-4-6-10-17/h15,17H,3-14H2,1-2H3,(H2,20,21,22). The summed E-state index contributed by atoms with van der Waals surface area (Å²) >= 11 is 1.74. The van der Waals surface area contributed by atoms with Crippen molar-refractivity contribution in [1.82, 2.24) is 15.6 Å². The molecule has 0 radical (unpaired) electrons. The van der Waals surface area contributed by atoms with Crippen molar-refractivity contribution in [3.63, 3.8) is 0 Å². The van der Waals surface area contributed by atoms with E-state index in [4.69, 9.17) is 4.74 Å². The minimum absolute atomic E-state index is 0.505. The van der Waals surface area contributed by atoms with Gasteiger partial charge in [0.1, 0.15) is 0 Å². The van der Waals surface area contributed by atoms with Gasteiger partial charge in [-0.25, -0.2) is 4.98 Å². The zero-order valence-corrected chi connectivity index (χ0v) is 16.7. The minimum atomic E-state index is 0.505. The van der Waals surface area contributed by atoms with E-state index >= 15 is 0 Å². The van der Waals surface area contributed by atoms with Crippen molar-refractivity contribution < 1.29 is 4.74 Å². The van der Waals surface area contributed by atoms with Crippen LogP contribution in [-0.2, 0) is 11.2 Å². The quantitative estimate of drug-likeness (QED) is 0.377. The Labute approximate surface area is 156 Å². The average molecular weight is 367 g/mol. The summed E-state index contributed by atoms with van der Waals surface area (Å²) in [4.78, 5) is 9.15. The van der Waals surface area contributed by atoms with E-state index in [-0.39, 0.29) is 0 Å². The molecule has 0 aromatic carbocycles. The highest BCUT2D eigenvalue weighted by Gasteiger charge is 2.12. The summed E-state index contributed by atoms with van der Waals surface area (Å²) in [5.41, 5.74) is 1.12. The fourth-order valence-corrected chi connectivity index (χ4v) is 3.86. The Morgan fingerprint density at radius 1 is 1.28 bits per heavy atom. The van der Waals surface area contributed by atoms with Gasteiger partial charge in [-0.2, -0.15) is 0 Å². The molecule has 1 fully saturated rings. The SMILES string of the molecule is CCNC(=NCCCc1nc(C)cs1)NCCCOC1CCCCC1. The van der Waals surface area contributed by atoms with Crippen molar-refractivity contribution in [1.29, 1.82) is 0 Å². The van der Waals surface area contributed by atoms with Crippen LogP contribution < -0.4 is 10.6 Å². The van der Waals surface area contributed by atoms with Gasteiger partial charge in [0.05, 0.1) is 11.1 Å². The molecule has 5 nitrogen and oxygen atoms in total. The maximum Gasteiger partial charge on any atom is 0.191 e. The molecule has 1 aromatic rings. The third-order valence-electron chi connectivity index (χ3n) is 4.35. The van der Waals surface area contributed by atoms with Crippen molar-refractivity contribution in [3.05, 3.63) is 16.1 Å². The largest absolute Gasteiger partial charge is 0.378 e.